The molecule has 0 unspecified atom stereocenters. The summed E-state index contributed by atoms with van der Waals surface area (Å²) in [6.45, 7) is -0.261. The van der Waals surface area contributed by atoms with Gasteiger partial charge in [-0.1, -0.05) is 41.6 Å². The average molecular weight is 394 g/mol. The minimum Gasteiger partial charge on any atom is -0.325 e. The maximum absolute atomic E-state index is 12.7. The van der Waals surface area contributed by atoms with E-state index in [-0.39, 0.29) is 18.4 Å². The predicted octanol–water partition coefficient (Wildman–Crippen LogP) is 3.03. The Balaban J connectivity index is 1.66. The molecule has 2 aliphatic rings. The van der Waals surface area contributed by atoms with Crippen LogP contribution in [0.25, 0.3) is 0 Å². The third kappa shape index (κ3) is 3.45. The highest BCUT2D eigenvalue weighted by molar-refractivity contribution is 9.10. The van der Waals surface area contributed by atoms with Gasteiger partial charge in [-0.2, -0.15) is 0 Å². The molecule has 7 heteroatoms. The van der Waals surface area contributed by atoms with Gasteiger partial charge in [-0.3, -0.25) is 14.5 Å². The molecule has 1 aromatic rings. The van der Waals surface area contributed by atoms with Gasteiger partial charge in [0.25, 0.3) is 5.91 Å². The number of nitrogens with zero attached hydrogens (tertiary/aromatic N) is 1. The van der Waals surface area contributed by atoms with Crippen LogP contribution in [-0.4, -0.2) is 34.8 Å². The van der Waals surface area contributed by atoms with E-state index in [9.17, 15) is 14.4 Å². The van der Waals surface area contributed by atoms with Crippen molar-refractivity contribution < 1.29 is 14.4 Å². The van der Waals surface area contributed by atoms with Crippen LogP contribution >= 0.6 is 15.9 Å². The van der Waals surface area contributed by atoms with Crippen LogP contribution in [0.3, 0.4) is 0 Å². The number of carbonyl (C=O) groups excluding carboxylic acids is 3. The van der Waals surface area contributed by atoms with Gasteiger partial charge in [0.2, 0.25) is 5.91 Å². The molecule has 2 fully saturated rings. The molecule has 128 valence electrons. The Morgan fingerprint density at radius 3 is 2.38 bits per heavy atom. The van der Waals surface area contributed by atoms with Crippen LogP contribution in [0.1, 0.15) is 38.5 Å². The molecule has 0 aromatic heterocycles. The van der Waals surface area contributed by atoms with E-state index in [1.807, 2.05) is 12.1 Å². The number of benzene rings is 1. The van der Waals surface area contributed by atoms with E-state index in [1.165, 1.54) is 0 Å². The fraction of sp³-hybridized carbons (Fsp3) is 0.471. The van der Waals surface area contributed by atoms with E-state index in [0.29, 0.717) is 18.5 Å². The van der Waals surface area contributed by atoms with Crippen LogP contribution in [0, 0.1) is 0 Å². The lowest BCUT2D eigenvalue weighted by molar-refractivity contribution is -0.134. The largest absolute Gasteiger partial charge is 0.325 e. The number of amides is 4. The standard InChI is InChI=1S/C17H20BrN3O3/c18-12-5-7-13(8-6-12)19-14(22)11-21-15(23)17(20-16(21)24)9-3-1-2-4-10-17/h5-8H,1-4,9-11H2,(H,19,22)(H,20,24). The van der Waals surface area contributed by atoms with Crippen LogP contribution < -0.4 is 10.6 Å². The number of hydrogen-bond donors (Lipinski definition) is 2. The number of anilines is 1. The Kier molecular flexibility index (Phi) is 4.89. The first-order valence-corrected chi connectivity index (χ1v) is 8.99. The van der Waals surface area contributed by atoms with Gasteiger partial charge in [-0.05, 0) is 37.1 Å². The molecule has 1 aliphatic carbocycles. The van der Waals surface area contributed by atoms with Gasteiger partial charge in [0.1, 0.15) is 12.1 Å². The number of hydrogen-bond acceptors (Lipinski definition) is 3. The van der Waals surface area contributed by atoms with Gasteiger partial charge in [0.15, 0.2) is 0 Å². The van der Waals surface area contributed by atoms with Crippen molar-refractivity contribution in [1.29, 1.82) is 0 Å². The Bertz CT molecular complexity index is 652. The maximum atomic E-state index is 12.7. The van der Waals surface area contributed by atoms with Gasteiger partial charge in [0.05, 0.1) is 0 Å². The number of rotatable bonds is 3. The lowest BCUT2D eigenvalue weighted by Crippen LogP contribution is -2.47. The molecule has 6 nitrogen and oxygen atoms in total. The summed E-state index contributed by atoms with van der Waals surface area (Å²) in [5, 5.41) is 5.54. The lowest BCUT2D eigenvalue weighted by Gasteiger charge is -2.24. The number of halogens is 1. The summed E-state index contributed by atoms with van der Waals surface area (Å²) >= 11 is 3.33. The van der Waals surface area contributed by atoms with E-state index in [4.69, 9.17) is 0 Å². The van der Waals surface area contributed by atoms with E-state index >= 15 is 0 Å². The molecule has 2 N–H and O–H groups in total. The molecule has 24 heavy (non-hydrogen) atoms. The Morgan fingerprint density at radius 1 is 1.12 bits per heavy atom. The minimum absolute atomic E-state index is 0.261. The average Bonchev–Trinajstić information content (AvgIpc) is 2.73. The SMILES string of the molecule is O=C(CN1C(=O)NC2(CCCCCC2)C1=O)Nc1ccc(Br)cc1. The Labute approximate surface area is 149 Å². The zero-order valence-electron chi connectivity index (χ0n) is 13.3. The molecule has 1 aromatic carbocycles. The second kappa shape index (κ2) is 6.93. The van der Waals surface area contributed by atoms with Crippen LogP contribution in [-0.2, 0) is 9.59 Å². The first kappa shape index (κ1) is 17.0. The topological polar surface area (TPSA) is 78.5 Å². The Morgan fingerprint density at radius 2 is 1.75 bits per heavy atom. The molecule has 3 rings (SSSR count). The number of imide groups is 1. The smallest absolute Gasteiger partial charge is 0.325 e. The molecule has 0 radical (unpaired) electrons. The van der Waals surface area contributed by atoms with Crippen molar-refractivity contribution in [3.05, 3.63) is 28.7 Å². The van der Waals surface area contributed by atoms with Crippen molar-refractivity contribution in [2.45, 2.75) is 44.1 Å². The van der Waals surface area contributed by atoms with Crippen molar-refractivity contribution in [3.8, 4) is 0 Å². The van der Waals surface area contributed by atoms with Gasteiger partial charge < -0.3 is 10.6 Å². The van der Waals surface area contributed by atoms with E-state index in [1.54, 1.807) is 12.1 Å². The molecule has 1 aliphatic heterocycles. The predicted molar refractivity (Wildman–Crippen MR) is 93.4 cm³/mol. The van der Waals surface area contributed by atoms with E-state index < -0.39 is 11.6 Å². The van der Waals surface area contributed by atoms with E-state index in [0.717, 1.165) is 35.1 Å². The fourth-order valence-corrected chi connectivity index (χ4v) is 3.63. The third-order valence-corrected chi connectivity index (χ3v) is 5.16. The van der Waals surface area contributed by atoms with Crippen molar-refractivity contribution in [3.63, 3.8) is 0 Å². The van der Waals surface area contributed by atoms with E-state index in [2.05, 4.69) is 26.6 Å². The zero-order chi connectivity index (χ0) is 17.2. The molecule has 0 atom stereocenters. The summed E-state index contributed by atoms with van der Waals surface area (Å²) in [7, 11) is 0. The third-order valence-electron chi connectivity index (χ3n) is 4.63. The molecular formula is C17H20BrN3O3. The first-order chi connectivity index (χ1) is 11.5. The summed E-state index contributed by atoms with van der Waals surface area (Å²) in [6.07, 6.45) is 5.31. The number of nitrogens with one attached hydrogen (secondary N) is 2. The molecule has 4 amide bonds. The van der Waals surface area contributed by atoms with Crippen LogP contribution in [0.2, 0.25) is 0 Å². The zero-order valence-corrected chi connectivity index (χ0v) is 14.9. The summed E-state index contributed by atoms with van der Waals surface area (Å²) in [5.74, 6) is -0.646. The normalized spacial score (nSPS) is 20.0. The highest BCUT2D eigenvalue weighted by atomic mass is 79.9. The molecule has 1 heterocycles. The van der Waals surface area contributed by atoms with Crippen LogP contribution in [0.5, 0.6) is 0 Å². The highest BCUT2D eigenvalue weighted by Gasteiger charge is 2.51. The van der Waals surface area contributed by atoms with Crippen molar-refractivity contribution in [2.75, 3.05) is 11.9 Å². The highest BCUT2D eigenvalue weighted by Crippen LogP contribution is 2.32. The van der Waals surface area contributed by atoms with Gasteiger partial charge in [0, 0.05) is 10.2 Å². The van der Waals surface area contributed by atoms with Crippen molar-refractivity contribution >= 4 is 39.5 Å². The van der Waals surface area contributed by atoms with Crippen molar-refractivity contribution in [2.24, 2.45) is 0 Å². The molecule has 0 bridgehead atoms. The van der Waals surface area contributed by atoms with Crippen molar-refractivity contribution in [1.82, 2.24) is 10.2 Å². The number of urea groups is 1. The monoisotopic (exact) mass is 393 g/mol. The second-order valence-electron chi connectivity index (χ2n) is 6.37. The quantitative estimate of drug-likeness (QED) is 0.774. The fourth-order valence-electron chi connectivity index (χ4n) is 3.37. The lowest BCUT2D eigenvalue weighted by atomic mass is 9.90. The summed E-state index contributed by atoms with van der Waals surface area (Å²) in [5.41, 5.74) is -0.176. The summed E-state index contributed by atoms with van der Waals surface area (Å²) < 4.78 is 0.907. The van der Waals surface area contributed by atoms with Gasteiger partial charge in [-0.25, -0.2) is 4.79 Å². The van der Waals surface area contributed by atoms with Gasteiger partial charge >= 0.3 is 6.03 Å². The van der Waals surface area contributed by atoms with Crippen LogP contribution in [0.15, 0.2) is 28.7 Å². The second-order valence-corrected chi connectivity index (χ2v) is 7.29. The Hall–Kier alpha value is -1.89. The first-order valence-electron chi connectivity index (χ1n) is 8.20. The summed E-state index contributed by atoms with van der Waals surface area (Å²) in [4.78, 5) is 38.2. The molecule has 1 saturated heterocycles. The van der Waals surface area contributed by atoms with Gasteiger partial charge in [-0.15, -0.1) is 0 Å². The van der Waals surface area contributed by atoms with Crippen LogP contribution in [0.4, 0.5) is 10.5 Å². The number of carbonyl (C=O) groups is 3. The maximum Gasteiger partial charge on any atom is 0.325 e. The molecule has 1 spiro atoms. The molecule has 1 saturated carbocycles. The molecular weight excluding hydrogens is 374 g/mol. The minimum atomic E-state index is -0.800. The summed E-state index contributed by atoms with van der Waals surface area (Å²) in [6, 6.07) is 6.66.